The van der Waals surface area contributed by atoms with Crippen molar-refractivity contribution in [3.8, 4) is 0 Å². The van der Waals surface area contributed by atoms with Gasteiger partial charge >= 0.3 is 29.6 Å². The van der Waals surface area contributed by atoms with Crippen molar-refractivity contribution in [3.05, 3.63) is 0 Å². The summed E-state index contributed by atoms with van der Waals surface area (Å²) >= 11 is 0. The minimum atomic E-state index is -4.40. The van der Waals surface area contributed by atoms with Gasteiger partial charge in [0.25, 0.3) is 0 Å². The molecular weight excluding hydrogens is 311 g/mol. The minimum Gasteiger partial charge on any atom is -0.748 e. The van der Waals surface area contributed by atoms with Crippen LogP contribution in [0.25, 0.3) is 0 Å². The van der Waals surface area contributed by atoms with Gasteiger partial charge in [-0.05, 0) is 12.8 Å². The van der Waals surface area contributed by atoms with Crippen LogP contribution in [0.4, 0.5) is 0 Å². The Morgan fingerprint density at radius 2 is 1.27 bits per heavy atom. The Morgan fingerprint density at radius 3 is 1.73 bits per heavy atom. The Kier molecular flexibility index (Phi) is 17.6. The first-order valence-electron chi connectivity index (χ1n) is 8.56. The predicted molar refractivity (Wildman–Crippen MR) is 86.2 cm³/mol. The zero-order valence-corrected chi connectivity index (χ0v) is 17.5. The summed E-state index contributed by atoms with van der Waals surface area (Å²) in [6.07, 6.45) is 10.3. The van der Waals surface area contributed by atoms with Gasteiger partial charge in [-0.3, -0.25) is 0 Å². The summed E-state index contributed by atoms with van der Waals surface area (Å²) in [4.78, 5) is 0. The Bertz CT molecular complexity index is 333. The molecule has 0 saturated carbocycles. The second-order valence-corrected chi connectivity index (χ2v) is 7.60. The van der Waals surface area contributed by atoms with Gasteiger partial charge in [0, 0.05) is 0 Å². The van der Waals surface area contributed by atoms with Crippen LogP contribution in [0.15, 0.2) is 0 Å². The molecule has 2 unspecified atom stereocenters. The van der Waals surface area contributed by atoms with Gasteiger partial charge in [0.15, 0.2) is 0 Å². The second-order valence-electron chi connectivity index (χ2n) is 6.00. The monoisotopic (exact) mass is 344 g/mol. The zero-order valence-electron chi connectivity index (χ0n) is 14.7. The van der Waals surface area contributed by atoms with Crippen LogP contribution in [-0.4, -0.2) is 29.4 Å². The van der Waals surface area contributed by atoms with Gasteiger partial charge in [-0.2, -0.15) is 0 Å². The van der Waals surface area contributed by atoms with E-state index >= 15 is 0 Å². The van der Waals surface area contributed by atoms with Gasteiger partial charge in [0.1, 0.15) is 10.1 Å². The third-order valence-electron chi connectivity index (χ3n) is 4.00. The SMILES string of the molecule is CCCCCCCCCCC(C(O)CCCC)S(=O)(=O)[O-].[Na+]. The fourth-order valence-corrected chi connectivity index (χ4v) is 3.58. The molecule has 0 bridgehead atoms. The molecular formula is C16H33NaO4S. The quantitative estimate of drug-likeness (QED) is 0.290. The third-order valence-corrected chi connectivity index (χ3v) is 5.29. The van der Waals surface area contributed by atoms with Gasteiger partial charge in [0.05, 0.1) is 11.4 Å². The fourth-order valence-electron chi connectivity index (χ4n) is 2.61. The Balaban J connectivity index is 0. The largest absolute Gasteiger partial charge is 1.00 e. The molecule has 128 valence electrons. The predicted octanol–water partition coefficient (Wildman–Crippen LogP) is 0.986. The van der Waals surface area contributed by atoms with Crippen LogP contribution in [0.5, 0.6) is 0 Å². The molecule has 0 aliphatic rings. The molecule has 0 fully saturated rings. The molecule has 0 aromatic heterocycles. The van der Waals surface area contributed by atoms with Crippen LogP contribution in [0.2, 0.25) is 0 Å². The van der Waals surface area contributed by atoms with E-state index in [9.17, 15) is 18.1 Å². The Hall–Kier alpha value is 0.870. The van der Waals surface area contributed by atoms with Gasteiger partial charge < -0.3 is 9.66 Å². The molecule has 4 nitrogen and oxygen atoms in total. The van der Waals surface area contributed by atoms with Crippen molar-refractivity contribution in [1.82, 2.24) is 0 Å². The average molecular weight is 344 g/mol. The third kappa shape index (κ3) is 13.3. The number of hydrogen-bond donors (Lipinski definition) is 1. The summed E-state index contributed by atoms with van der Waals surface area (Å²) in [7, 11) is -4.40. The molecule has 6 heteroatoms. The van der Waals surface area contributed by atoms with Crippen molar-refractivity contribution in [2.75, 3.05) is 0 Å². The molecule has 22 heavy (non-hydrogen) atoms. The first-order valence-corrected chi connectivity index (χ1v) is 10.0. The number of hydrogen-bond acceptors (Lipinski definition) is 4. The zero-order chi connectivity index (χ0) is 16.1. The second kappa shape index (κ2) is 15.4. The minimum absolute atomic E-state index is 0. The molecule has 0 heterocycles. The number of aliphatic hydroxyl groups excluding tert-OH is 1. The molecule has 0 spiro atoms. The van der Waals surface area contributed by atoms with E-state index in [1.54, 1.807) is 0 Å². The Labute approximate surface area is 159 Å². The first kappa shape index (κ1) is 25.1. The fraction of sp³-hybridized carbons (Fsp3) is 1.00. The van der Waals surface area contributed by atoms with Gasteiger partial charge in [0.2, 0.25) is 0 Å². The van der Waals surface area contributed by atoms with Crippen molar-refractivity contribution >= 4 is 10.1 Å². The summed E-state index contributed by atoms with van der Waals surface area (Å²) in [5.41, 5.74) is 0. The number of unbranched alkanes of at least 4 members (excludes halogenated alkanes) is 8. The molecule has 0 radical (unpaired) electrons. The van der Waals surface area contributed by atoms with Crippen LogP contribution in [0.1, 0.15) is 90.9 Å². The van der Waals surface area contributed by atoms with Gasteiger partial charge in [-0.15, -0.1) is 0 Å². The summed E-state index contributed by atoms with van der Waals surface area (Å²) in [6.45, 7) is 4.17. The smallest absolute Gasteiger partial charge is 0.748 e. The van der Waals surface area contributed by atoms with E-state index in [0.717, 1.165) is 25.7 Å². The average Bonchev–Trinajstić information content (AvgIpc) is 2.41. The van der Waals surface area contributed by atoms with Gasteiger partial charge in [-0.1, -0.05) is 78.1 Å². The van der Waals surface area contributed by atoms with Gasteiger partial charge in [-0.25, -0.2) is 8.42 Å². The van der Waals surface area contributed by atoms with Crippen LogP contribution in [-0.2, 0) is 10.1 Å². The summed E-state index contributed by atoms with van der Waals surface area (Å²) in [6, 6.07) is 0. The van der Waals surface area contributed by atoms with E-state index < -0.39 is 21.5 Å². The molecule has 2 atom stereocenters. The molecule has 0 aromatic rings. The first-order chi connectivity index (χ1) is 9.93. The van der Waals surface area contributed by atoms with Crippen molar-refractivity contribution in [1.29, 1.82) is 0 Å². The molecule has 0 saturated heterocycles. The molecule has 0 aliphatic heterocycles. The van der Waals surface area contributed by atoms with Crippen molar-refractivity contribution < 1.29 is 47.6 Å². The molecule has 0 amide bonds. The van der Waals surface area contributed by atoms with E-state index in [1.807, 2.05) is 6.92 Å². The molecule has 0 aliphatic carbocycles. The molecule has 1 N–H and O–H groups in total. The molecule has 0 aromatic carbocycles. The van der Waals surface area contributed by atoms with Crippen molar-refractivity contribution in [2.24, 2.45) is 0 Å². The summed E-state index contributed by atoms with van der Waals surface area (Å²) in [5, 5.41) is 8.78. The number of rotatable bonds is 14. The maximum absolute atomic E-state index is 11.3. The van der Waals surface area contributed by atoms with Crippen LogP contribution >= 0.6 is 0 Å². The van der Waals surface area contributed by atoms with E-state index in [1.165, 1.54) is 32.1 Å². The summed E-state index contributed by atoms with van der Waals surface area (Å²) in [5.74, 6) is 0. The van der Waals surface area contributed by atoms with E-state index in [0.29, 0.717) is 19.3 Å². The van der Waals surface area contributed by atoms with Crippen LogP contribution in [0.3, 0.4) is 0 Å². The maximum Gasteiger partial charge on any atom is 1.00 e. The normalized spacial score (nSPS) is 14.4. The molecule has 0 rings (SSSR count). The van der Waals surface area contributed by atoms with E-state index in [2.05, 4.69) is 6.92 Å². The van der Waals surface area contributed by atoms with E-state index in [-0.39, 0.29) is 29.6 Å². The van der Waals surface area contributed by atoms with Crippen LogP contribution < -0.4 is 29.6 Å². The van der Waals surface area contributed by atoms with E-state index in [4.69, 9.17) is 0 Å². The van der Waals surface area contributed by atoms with Crippen LogP contribution in [0, 0.1) is 0 Å². The van der Waals surface area contributed by atoms with Crippen molar-refractivity contribution in [3.63, 3.8) is 0 Å². The number of aliphatic hydroxyl groups is 1. The standard InChI is InChI=1S/C16H34O4S.Na/c1-3-5-7-8-9-10-11-12-14-16(21(18,19)20)15(17)13-6-4-2;/h15-17H,3-14H2,1-2H3,(H,18,19,20);/q;+1/p-1. The maximum atomic E-state index is 11.3. The summed E-state index contributed by atoms with van der Waals surface area (Å²) < 4.78 is 33.8. The van der Waals surface area contributed by atoms with Crippen molar-refractivity contribution in [2.45, 2.75) is 102 Å². The topological polar surface area (TPSA) is 77.4 Å². The Morgan fingerprint density at radius 1 is 0.818 bits per heavy atom.